The summed E-state index contributed by atoms with van der Waals surface area (Å²) >= 11 is 0. The van der Waals surface area contributed by atoms with Gasteiger partial charge in [0.25, 0.3) is 0 Å². The van der Waals surface area contributed by atoms with Crippen LogP contribution < -0.4 is 5.59 Å². The Morgan fingerprint density at radius 2 is 1.76 bits per heavy atom. The van der Waals surface area contributed by atoms with Crippen LogP contribution in [0.4, 0.5) is 0 Å². The molecule has 4 bridgehead atoms. The molecule has 0 radical (unpaired) electrons. The van der Waals surface area contributed by atoms with E-state index in [0.29, 0.717) is 5.41 Å². The highest BCUT2D eigenvalue weighted by atomic mass is 16.7. The maximum atomic E-state index is 5.68. The molecule has 4 saturated carbocycles. The van der Waals surface area contributed by atoms with Crippen molar-refractivity contribution in [2.24, 2.45) is 28.3 Å². The summed E-state index contributed by atoms with van der Waals surface area (Å²) in [6.07, 6.45) is 13.8. The third-order valence-electron chi connectivity index (χ3n) is 5.58. The van der Waals surface area contributed by atoms with Gasteiger partial charge in [0.05, 0.1) is 12.8 Å². The molecule has 21 heavy (non-hydrogen) atoms. The number of rotatable bonds is 5. The van der Waals surface area contributed by atoms with Crippen LogP contribution in [0.1, 0.15) is 44.1 Å². The van der Waals surface area contributed by atoms with Crippen LogP contribution >= 0.6 is 0 Å². The molecule has 0 unspecified atom stereocenters. The van der Waals surface area contributed by atoms with Crippen molar-refractivity contribution >= 4 is 6.21 Å². The predicted octanol–water partition coefficient (Wildman–Crippen LogP) is 3.15. The van der Waals surface area contributed by atoms with Crippen LogP contribution in [0.25, 0.3) is 0 Å². The molecule has 1 aromatic rings. The van der Waals surface area contributed by atoms with E-state index in [9.17, 15) is 0 Å². The van der Waals surface area contributed by atoms with Gasteiger partial charge in [0.1, 0.15) is 0 Å². The van der Waals surface area contributed by atoms with Gasteiger partial charge in [-0.2, -0.15) is 10.7 Å². The van der Waals surface area contributed by atoms with Gasteiger partial charge in [-0.1, -0.05) is 0 Å². The summed E-state index contributed by atoms with van der Waals surface area (Å²) in [6, 6.07) is 3.84. The monoisotopic (exact) mass is 285 g/mol. The number of hydrazone groups is 1. The molecule has 4 fully saturated rings. The molecule has 1 heterocycles. The summed E-state index contributed by atoms with van der Waals surface area (Å²) in [4.78, 5) is 9.66. The number of nitrogens with zero attached hydrogens (tertiary/aromatic N) is 2. The van der Waals surface area contributed by atoms with E-state index < -0.39 is 0 Å². The van der Waals surface area contributed by atoms with Gasteiger partial charge >= 0.3 is 0 Å². The van der Waals surface area contributed by atoms with Gasteiger partial charge in [0.2, 0.25) is 0 Å². The van der Waals surface area contributed by atoms with Gasteiger partial charge < -0.3 is 0 Å². The van der Waals surface area contributed by atoms with Gasteiger partial charge in [0.15, 0.2) is 0 Å². The largest absolute Gasteiger partial charge is 0.265 e. The van der Waals surface area contributed by atoms with E-state index in [0.717, 1.165) is 29.9 Å². The Balaban J connectivity index is 1.28. The zero-order chi connectivity index (χ0) is 14.1. The van der Waals surface area contributed by atoms with Crippen LogP contribution in [-0.2, 0) is 4.84 Å². The van der Waals surface area contributed by atoms with Crippen LogP contribution in [0.5, 0.6) is 0 Å². The molecule has 0 saturated heterocycles. The van der Waals surface area contributed by atoms with E-state index >= 15 is 0 Å². The summed E-state index contributed by atoms with van der Waals surface area (Å²) in [5, 5.41) is 4.13. The number of pyridine rings is 1. The van der Waals surface area contributed by atoms with Crippen molar-refractivity contribution < 1.29 is 4.84 Å². The molecule has 0 spiro atoms. The second-order valence-corrected chi connectivity index (χ2v) is 7.34. The van der Waals surface area contributed by atoms with E-state index in [1.165, 1.54) is 38.5 Å². The minimum Gasteiger partial charge on any atom is -0.265 e. The van der Waals surface area contributed by atoms with Crippen LogP contribution in [0.3, 0.4) is 0 Å². The first-order chi connectivity index (χ1) is 10.3. The maximum absolute atomic E-state index is 5.68. The smallest absolute Gasteiger partial charge is 0.0821 e. The zero-order valence-corrected chi connectivity index (χ0v) is 12.4. The lowest BCUT2D eigenvalue weighted by Gasteiger charge is -2.56. The molecule has 1 N–H and O–H groups in total. The van der Waals surface area contributed by atoms with E-state index in [1.54, 1.807) is 18.6 Å². The molecule has 1 aromatic heterocycles. The average Bonchev–Trinajstić information content (AvgIpc) is 2.46. The lowest BCUT2D eigenvalue weighted by atomic mass is 9.50. The van der Waals surface area contributed by atoms with Crippen LogP contribution in [-0.4, -0.2) is 17.8 Å². The topological polar surface area (TPSA) is 46.5 Å². The van der Waals surface area contributed by atoms with Crippen LogP contribution in [0, 0.1) is 23.2 Å². The van der Waals surface area contributed by atoms with E-state index in [4.69, 9.17) is 4.84 Å². The number of hydrogen-bond acceptors (Lipinski definition) is 4. The molecule has 4 heteroatoms. The highest BCUT2D eigenvalue weighted by Crippen LogP contribution is 2.59. The van der Waals surface area contributed by atoms with Gasteiger partial charge in [0, 0.05) is 12.4 Å². The Morgan fingerprint density at radius 1 is 1.14 bits per heavy atom. The van der Waals surface area contributed by atoms with Crippen molar-refractivity contribution in [1.29, 1.82) is 0 Å². The van der Waals surface area contributed by atoms with Crippen molar-refractivity contribution in [2.75, 3.05) is 6.61 Å². The Morgan fingerprint density at radius 3 is 2.38 bits per heavy atom. The first-order valence-corrected chi connectivity index (χ1v) is 8.11. The van der Waals surface area contributed by atoms with E-state index in [1.807, 2.05) is 12.1 Å². The standard InChI is InChI=1S/C17H23N3O/c1-3-18-4-2-13(1)11-19-20-21-12-17-8-14-5-15(9-17)7-16(6-14)10-17/h1-4,11,14-16,20H,5-10,12H2/b19-11+. The SMILES string of the molecule is C(=N\NOCC12CC3CC(CC(C3)C1)C2)/c1ccncc1. The van der Waals surface area contributed by atoms with Gasteiger partial charge in [-0.3, -0.25) is 9.82 Å². The summed E-state index contributed by atoms with van der Waals surface area (Å²) < 4.78 is 0. The van der Waals surface area contributed by atoms with Crippen molar-refractivity contribution in [1.82, 2.24) is 10.6 Å². The number of aromatic nitrogens is 1. The Labute approximate surface area is 125 Å². The molecule has 4 aliphatic rings. The zero-order valence-electron chi connectivity index (χ0n) is 12.4. The lowest BCUT2D eigenvalue weighted by Crippen LogP contribution is -2.48. The van der Waals surface area contributed by atoms with E-state index in [-0.39, 0.29) is 0 Å². The maximum Gasteiger partial charge on any atom is 0.0821 e. The summed E-state index contributed by atoms with van der Waals surface area (Å²) in [5.74, 6) is 2.92. The minimum atomic E-state index is 0.438. The molecule has 5 rings (SSSR count). The number of hydrogen-bond donors (Lipinski definition) is 1. The van der Waals surface area contributed by atoms with Crippen molar-refractivity contribution in [2.45, 2.75) is 38.5 Å². The summed E-state index contributed by atoms with van der Waals surface area (Å²) in [5.41, 5.74) is 4.22. The van der Waals surface area contributed by atoms with Gasteiger partial charge in [-0.25, -0.2) is 0 Å². The normalized spacial score (nSPS) is 37.2. The fourth-order valence-electron chi connectivity index (χ4n) is 5.24. The fourth-order valence-corrected chi connectivity index (χ4v) is 5.24. The second kappa shape index (κ2) is 5.41. The Kier molecular flexibility index (Phi) is 3.42. The molecule has 0 atom stereocenters. The third-order valence-corrected chi connectivity index (χ3v) is 5.58. The van der Waals surface area contributed by atoms with Crippen molar-refractivity contribution in [3.05, 3.63) is 30.1 Å². The highest BCUT2D eigenvalue weighted by Gasteiger charge is 2.51. The van der Waals surface area contributed by atoms with Gasteiger partial charge in [-0.15, -0.1) is 0 Å². The van der Waals surface area contributed by atoms with Crippen LogP contribution in [0.15, 0.2) is 29.6 Å². The lowest BCUT2D eigenvalue weighted by molar-refractivity contribution is -0.116. The fraction of sp³-hybridized carbons (Fsp3) is 0.647. The number of nitrogens with one attached hydrogen (secondary N) is 1. The quantitative estimate of drug-likeness (QED) is 0.513. The van der Waals surface area contributed by atoms with Crippen LogP contribution in [0.2, 0.25) is 0 Å². The molecule has 112 valence electrons. The average molecular weight is 285 g/mol. The molecule has 4 aliphatic carbocycles. The molecule has 0 amide bonds. The highest BCUT2D eigenvalue weighted by molar-refractivity contribution is 5.78. The van der Waals surface area contributed by atoms with E-state index in [2.05, 4.69) is 15.7 Å². The molecule has 0 aliphatic heterocycles. The van der Waals surface area contributed by atoms with Crippen molar-refractivity contribution in [3.63, 3.8) is 0 Å². The molecule has 0 aromatic carbocycles. The predicted molar refractivity (Wildman–Crippen MR) is 81.5 cm³/mol. The Bertz CT molecular complexity index is 479. The van der Waals surface area contributed by atoms with Crippen molar-refractivity contribution in [3.8, 4) is 0 Å². The van der Waals surface area contributed by atoms with Gasteiger partial charge in [-0.05, 0) is 79.4 Å². The second-order valence-electron chi connectivity index (χ2n) is 7.34. The summed E-state index contributed by atoms with van der Waals surface area (Å²) in [7, 11) is 0. The minimum absolute atomic E-state index is 0.438. The first-order valence-electron chi connectivity index (χ1n) is 8.11. The summed E-state index contributed by atoms with van der Waals surface area (Å²) in [6.45, 7) is 0.810. The first kappa shape index (κ1) is 13.3. The molecule has 4 nitrogen and oxygen atoms in total. The Hall–Kier alpha value is -1.42. The molecular weight excluding hydrogens is 262 g/mol. The molecular formula is C17H23N3O. The third kappa shape index (κ3) is 2.82.